The third kappa shape index (κ3) is 2.07. The smallest absolute Gasteiger partial charge is 0.230 e. The third-order valence-electron chi connectivity index (χ3n) is 3.36. The highest BCUT2D eigenvalue weighted by Crippen LogP contribution is 2.36. The lowest BCUT2D eigenvalue weighted by atomic mass is 9.97. The van der Waals surface area contributed by atoms with Gasteiger partial charge in [-0.1, -0.05) is 43.3 Å². The van der Waals surface area contributed by atoms with E-state index in [4.69, 9.17) is 10.3 Å². The number of hydrogen-bond acceptors (Lipinski definition) is 4. The van der Waals surface area contributed by atoms with Crippen molar-refractivity contribution in [1.82, 2.24) is 15.4 Å². The van der Waals surface area contributed by atoms with Crippen LogP contribution in [0.2, 0.25) is 0 Å². The number of benzene rings is 1. The normalized spacial score (nSPS) is 11.2. The summed E-state index contributed by atoms with van der Waals surface area (Å²) in [6.45, 7) is 4.33. The molecule has 5 heteroatoms. The number of rotatable bonds is 3. The van der Waals surface area contributed by atoms with Crippen molar-refractivity contribution in [3.63, 3.8) is 0 Å². The Morgan fingerprint density at radius 1 is 1.15 bits per heavy atom. The van der Waals surface area contributed by atoms with Crippen LogP contribution >= 0.6 is 0 Å². The van der Waals surface area contributed by atoms with Gasteiger partial charge < -0.3 is 10.3 Å². The summed E-state index contributed by atoms with van der Waals surface area (Å²) in [5.74, 6) is 0.815. The van der Waals surface area contributed by atoms with E-state index in [0.717, 1.165) is 16.7 Å². The van der Waals surface area contributed by atoms with Gasteiger partial charge in [0.25, 0.3) is 0 Å². The standard InChI is InChI=1S/C15H16N4O/c1-9(2)10-3-5-11(6-4-10)13-14(19-20-15(13)16)12-7-17-18-8-12/h3-9H,16H2,1-2H3,(H,17,18). The number of nitrogens with one attached hydrogen (secondary N) is 1. The van der Waals surface area contributed by atoms with Crippen LogP contribution in [0.4, 0.5) is 5.88 Å². The van der Waals surface area contributed by atoms with Crippen LogP contribution in [0.15, 0.2) is 41.2 Å². The molecular formula is C15H16N4O. The van der Waals surface area contributed by atoms with Crippen molar-refractivity contribution in [2.45, 2.75) is 19.8 Å². The molecule has 3 rings (SSSR count). The number of nitrogens with two attached hydrogens (primary N) is 1. The lowest BCUT2D eigenvalue weighted by Gasteiger charge is -2.06. The van der Waals surface area contributed by atoms with E-state index in [9.17, 15) is 0 Å². The molecule has 0 saturated carbocycles. The minimum Gasteiger partial charge on any atom is -0.367 e. The van der Waals surface area contributed by atoms with E-state index in [1.807, 2.05) is 12.1 Å². The second-order valence-electron chi connectivity index (χ2n) is 5.03. The summed E-state index contributed by atoms with van der Waals surface area (Å²) in [7, 11) is 0. The Morgan fingerprint density at radius 3 is 2.50 bits per heavy atom. The van der Waals surface area contributed by atoms with Gasteiger partial charge in [-0.25, -0.2) is 0 Å². The van der Waals surface area contributed by atoms with E-state index in [1.165, 1.54) is 5.56 Å². The van der Waals surface area contributed by atoms with Gasteiger partial charge in [-0.05, 0) is 17.0 Å². The van der Waals surface area contributed by atoms with Crippen LogP contribution in [0.3, 0.4) is 0 Å². The monoisotopic (exact) mass is 268 g/mol. The molecule has 3 aromatic rings. The summed E-state index contributed by atoms with van der Waals surface area (Å²) >= 11 is 0. The molecule has 0 saturated heterocycles. The van der Waals surface area contributed by atoms with Crippen molar-refractivity contribution < 1.29 is 4.52 Å². The maximum absolute atomic E-state index is 5.92. The summed E-state index contributed by atoms with van der Waals surface area (Å²) in [5, 5.41) is 10.7. The molecule has 102 valence electrons. The lowest BCUT2D eigenvalue weighted by Crippen LogP contribution is -1.90. The number of aromatic amines is 1. The molecule has 0 bridgehead atoms. The second kappa shape index (κ2) is 4.85. The molecule has 20 heavy (non-hydrogen) atoms. The fraction of sp³-hybridized carbons (Fsp3) is 0.200. The lowest BCUT2D eigenvalue weighted by molar-refractivity contribution is 0.439. The zero-order chi connectivity index (χ0) is 14.1. The van der Waals surface area contributed by atoms with E-state index >= 15 is 0 Å². The van der Waals surface area contributed by atoms with Crippen LogP contribution in [0.1, 0.15) is 25.3 Å². The van der Waals surface area contributed by atoms with Gasteiger partial charge in [-0.3, -0.25) is 5.10 Å². The molecule has 2 aromatic heterocycles. The Morgan fingerprint density at radius 2 is 1.90 bits per heavy atom. The fourth-order valence-electron chi connectivity index (χ4n) is 2.19. The van der Waals surface area contributed by atoms with E-state index in [1.54, 1.807) is 12.4 Å². The first-order chi connectivity index (χ1) is 9.66. The molecule has 1 aromatic carbocycles. The van der Waals surface area contributed by atoms with E-state index in [0.29, 0.717) is 17.5 Å². The number of H-pyrrole nitrogens is 1. The van der Waals surface area contributed by atoms with Crippen LogP contribution in [0.5, 0.6) is 0 Å². The molecule has 0 aliphatic carbocycles. The largest absolute Gasteiger partial charge is 0.367 e. The van der Waals surface area contributed by atoms with Gasteiger partial charge >= 0.3 is 0 Å². The second-order valence-corrected chi connectivity index (χ2v) is 5.03. The summed E-state index contributed by atoms with van der Waals surface area (Å²) in [5.41, 5.74) is 10.6. The summed E-state index contributed by atoms with van der Waals surface area (Å²) in [6.07, 6.45) is 3.46. The van der Waals surface area contributed by atoms with Crippen LogP contribution in [0, 0.1) is 0 Å². The molecule has 0 aliphatic rings. The molecular weight excluding hydrogens is 252 g/mol. The number of nitrogen functional groups attached to an aromatic ring is 1. The summed E-state index contributed by atoms with van der Waals surface area (Å²) in [4.78, 5) is 0. The summed E-state index contributed by atoms with van der Waals surface area (Å²) < 4.78 is 5.14. The minimum absolute atomic E-state index is 0.318. The quantitative estimate of drug-likeness (QED) is 0.762. The van der Waals surface area contributed by atoms with Crippen LogP contribution in [0.25, 0.3) is 22.4 Å². The topological polar surface area (TPSA) is 80.7 Å². The van der Waals surface area contributed by atoms with Crippen LogP contribution in [-0.2, 0) is 0 Å². The molecule has 3 N–H and O–H groups in total. The fourth-order valence-corrected chi connectivity index (χ4v) is 2.19. The molecule has 0 radical (unpaired) electrons. The molecule has 0 unspecified atom stereocenters. The van der Waals surface area contributed by atoms with E-state index in [2.05, 4.69) is 41.3 Å². The zero-order valence-electron chi connectivity index (χ0n) is 11.4. The Kier molecular flexibility index (Phi) is 3.02. The van der Waals surface area contributed by atoms with Crippen molar-refractivity contribution in [2.24, 2.45) is 0 Å². The molecule has 2 heterocycles. The highest BCUT2D eigenvalue weighted by atomic mass is 16.5. The number of hydrogen-bond donors (Lipinski definition) is 2. The predicted molar refractivity (Wildman–Crippen MR) is 78.0 cm³/mol. The SMILES string of the molecule is CC(C)c1ccc(-c2c(-c3cn[nH]c3)noc2N)cc1. The van der Waals surface area contributed by atoms with E-state index < -0.39 is 0 Å². The predicted octanol–water partition coefficient (Wildman–Crippen LogP) is 3.44. The van der Waals surface area contributed by atoms with Crippen molar-refractivity contribution >= 4 is 5.88 Å². The highest BCUT2D eigenvalue weighted by molar-refractivity contribution is 5.86. The third-order valence-corrected chi connectivity index (χ3v) is 3.36. The van der Waals surface area contributed by atoms with Crippen LogP contribution in [-0.4, -0.2) is 15.4 Å². The van der Waals surface area contributed by atoms with Gasteiger partial charge in [0.1, 0.15) is 5.69 Å². The highest BCUT2D eigenvalue weighted by Gasteiger charge is 2.18. The average Bonchev–Trinajstić information content (AvgIpc) is 3.07. The molecule has 0 amide bonds. The van der Waals surface area contributed by atoms with Gasteiger partial charge in [0, 0.05) is 11.8 Å². The van der Waals surface area contributed by atoms with Crippen molar-refractivity contribution in [3.8, 4) is 22.4 Å². The number of aromatic nitrogens is 3. The van der Waals surface area contributed by atoms with Crippen molar-refractivity contribution in [3.05, 3.63) is 42.2 Å². The van der Waals surface area contributed by atoms with Crippen LogP contribution < -0.4 is 5.73 Å². The number of anilines is 1. The molecule has 0 aliphatic heterocycles. The minimum atomic E-state index is 0.318. The first-order valence-corrected chi connectivity index (χ1v) is 6.51. The maximum atomic E-state index is 5.92. The summed E-state index contributed by atoms with van der Waals surface area (Å²) in [6, 6.07) is 8.29. The Labute approximate surface area is 116 Å². The van der Waals surface area contributed by atoms with Gasteiger partial charge in [-0.15, -0.1) is 0 Å². The van der Waals surface area contributed by atoms with Gasteiger partial charge in [0.15, 0.2) is 0 Å². The molecule has 0 fully saturated rings. The van der Waals surface area contributed by atoms with Gasteiger partial charge in [-0.2, -0.15) is 5.10 Å². The number of nitrogens with zero attached hydrogens (tertiary/aromatic N) is 2. The van der Waals surface area contributed by atoms with E-state index in [-0.39, 0.29) is 0 Å². The Hall–Kier alpha value is -2.56. The van der Waals surface area contributed by atoms with Crippen molar-refractivity contribution in [2.75, 3.05) is 5.73 Å². The Balaban J connectivity index is 2.08. The Bertz CT molecular complexity index is 696. The first kappa shape index (κ1) is 12.5. The zero-order valence-corrected chi connectivity index (χ0v) is 11.4. The van der Waals surface area contributed by atoms with Gasteiger partial charge in [0.2, 0.25) is 5.88 Å². The maximum Gasteiger partial charge on any atom is 0.230 e. The van der Waals surface area contributed by atoms with Gasteiger partial charge in [0.05, 0.1) is 11.8 Å². The average molecular weight is 268 g/mol. The van der Waals surface area contributed by atoms with Crippen molar-refractivity contribution in [1.29, 1.82) is 0 Å². The molecule has 0 atom stereocenters. The molecule has 0 spiro atoms. The first-order valence-electron chi connectivity index (χ1n) is 6.51. The molecule has 5 nitrogen and oxygen atoms in total.